The van der Waals surface area contributed by atoms with Crippen LogP contribution in [-0.2, 0) is 6.42 Å². The number of methoxy groups -OCH3 is 3. The Bertz CT molecular complexity index is 1170. The van der Waals surface area contributed by atoms with Crippen molar-refractivity contribution in [3.05, 3.63) is 68.1 Å². The van der Waals surface area contributed by atoms with Gasteiger partial charge in [0.1, 0.15) is 22.6 Å². The van der Waals surface area contributed by atoms with Gasteiger partial charge in [0.15, 0.2) is 11.5 Å². The number of carbonyl (C=O) groups is 1. The second-order valence-corrected chi connectivity index (χ2v) is 6.05. The number of nitro benzene ring substituents is 1. The first kappa shape index (κ1) is 19.9. The standard InChI is InChI=1S/C20H17NO8/c1-26-12-8-18(28-3)14-10-13(20(23)29-19(14)9-12)16(22)7-11-4-5-17(27-2)15(6-11)21(24)25/h4-6,8-10H,7H2,1-3H3. The van der Waals surface area contributed by atoms with Crippen molar-refractivity contribution in [3.63, 3.8) is 0 Å². The van der Waals surface area contributed by atoms with E-state index in [1.807, 2.05) is 0 Å². The predicted molar refractivity (Wildman–Crippen MR) is 103 cm³/mol. The number of fused-ring (bicyclic) bond motifs is 1. The summed E-state index contributed by atoms with van der Waals surface area (Å²) in [4.78, 5) is 35.6. The quantitative estimate of drug-likeness (QED) is 0.257. The Labute approximate surface area is 164 Å². The minimum absolute atomic E-state index is 0.0788. The molecule has 0 fully saturated rings. The third-order valence-corrected chi connectivity index (χ3v) is 4.35. The molecule has 0 aliphatic rings. The summed E-state index contributed by atoms with van der Waals surface area (Å²) in [7, 11) is 4.22. The molecular formula is C20H17NO8. The van der Waals surface area contributed by atoms with Crippen molar-refractivity contribution in [1.82, 2.24) is 0 Å². The lowest BCUT2D eigenvalue weighted by Crippen LogP contribution is -2.16. The van der Waals surface area contributed by atoms with Gasteiger partial charge in [-0.25, -0.2) is 4.79 Å². The number of ketones is 1. The van der Waals surface area contributed by atoms with Crippen molar-refractivity contribution in [2.75, 3.05) is 21.3 Å². The van der Waals surface area contributed by atoms with E-state index in [4.69, 9.17) is 18.6 Å². The molecule has 150 valence electrons. The third kappa shape index (κ3) is 3.88. The van der Waals surface area contributed by atoms with Gasteiger partial charge in [-0.05, 0) is 17.7 Å². The second-order valence-electron chi connectivity index (χ2n) is 6.05. The zero-order valence-electron chi connectivity index (χ0n) is 15.9. The van der Waals surface area contributed by atoms with Gasteiger partial charge in [-0.2, -0.15) is 0 Å². The zero-order chi connectivity index (χ0) is 21.1. The Morgan fingerprint density at radius 1 is 1.03 bits per heavy atom. The molecule has 1 heterocycles. The maximum absolute atomic E-state index is 12.7. The van der Waals surface area contributed by atoms with Crippen LogP contribution in [0.1, 0.15) is 15.9 Å². The first-order valence-electron chi connectivity index (χ1n) is 8.42. The molecule has 0 atom stereocenters. The van der Waals surface area contributed by atoms with Crippen molar-refractivity contribution in [3.8, 4) is 17.2 Å². The van der Waals surface area contributed by atoms with Gasteiger partial charge < -0.3 is 18.6 Å². The van der Waals surface area contributed by atoms with E-state index in [9.17, 15) is 19.7 Å². The smallest absolute Gasteiger partial charge is 0.347 e. The normalized spacial score (nSPS) is 10.6. The van der Waals surface area contributed by atoms with E-state index >= 15 is 0 Å². The molecule has 0 aliphatic heterocycles. The highest BCUT2D eigenvalue weighted by Crippen LogP contribution is 2.31. The molecule has 0 spiro atoms. The van der Waals surface area contributed by atoms with Gasteiger partial charge in [0.05, 0.1) is 31.6 Å². The van der Waals surface area contributed by atoms with Crippen LogP contribution in [0.2, 0.25) is 0 Å². The first-order chi connectivity index (χ1) is 13.9. The van der Waals surface area contributed by atoms with Crippen LogP contribution < -0.4 is 19.8 Å². The molecule has 0 radical (unpaired) electrons. The van der Waals surface area contributed by atoms with E-state index in [0.29, 0.717) is 22.4 Å². The molecule has 9 nitrogen and oxygen atoms in total. The number of carbonyl (C=O) groups excluding carboxylic acids is 1. The Morgan fingerprint density at radius 3 is 2.38 bits per heavy atom. The number of hydrogen-bond acceptors (Lipinski definition) is 8. The summed E-state index contributed by atoms with van der Waals surface area (Å²) in [6.07, 6.45) is -0.223. The summed E-state index contributed by atoms with van der Waals surface area (Å²) in [5.41, 5.74) is -0.691. The molecule has 29 heavy (non-hydrogen) atoms. The van der Waals surface area contributed by atoms with Gasteiger partial charge in [-0.3, -0.25) is 14.9 Å². The number of nitro groups is 1. The molecule has 0 unspecified atom stereocenters. The molecule has 0 bridgehead atoms. The fraction of sp³-hybridized carbons (Fsp3) is 0.200. The molecule has 0 amide bonds. The maximum Gasteiger partial charge on any atom is 0.347 e. The lowest BCUT2D eigenvalue weighted by atomic mass is 10.0. The summed E-state index contributed by atoms with van der Waals surface area (Å²) in [6, 6.07) is 8.67. The number of nitrogens with zero attached hydrogens (tertiary/aromatic N) is 1. The fourth-order valence-electron chi connectivity index (χ4n) is 2.91. The molecule has 0 aliphatic carbocycles. The fourth-order valence-corrected chi connectivity index (χ4v) is 2.91. The lowest BCUT2D eigenvalue weighted by Gasteiger charge is -2.09. The second kappa shape index (κ2) is 8.01. The number of ether oxygens (including phenoxy) is 3. The number of hydrogen-bond donors (Lipinski definition) is 0. The van der Waals surface area contributed by atoms with Gasteiger partial charge in [0, 0.05) is 24.6 Å². The predicted octanol–water partition coefficient (Wildman–Crippen LogP) is 3.15. The minimum Gasteiger partial charge on any atom is -0.496 e. The van der Waals surface area contributed by atoms with Crippen LogP contribution in [0.4, 0.5) is 5.69 Å². The summed E-state index contributed by atoms with van der Waals surface area (Å²) in [5, 5.41) is 11.6. The minimum atomic E-state index is -0.819. The highest BCUT2D eigenvalue weighted by atomic mass is 16.6. The summed E-state index contributed by atoms with van der Waals surface area (Å²) in [6.45, 7) is 0. The first-order valence-corrected chi connectivity index (χ1v) is 8.42. The Balaban J connectivity index is 2.01. The van der Waals surface area contributed by atoms with Crippen molar-refractivity contribution < 1.29 is 28.3 Å². The van der Waals surface area contributed by atoms with E-state index < -0.39 is 16.3 Å². The maximum atomic E-state index is 12.7. The average Bonchev–Trinajstić information content (AvgIpc) is 2.71. The Kier molecular flexibility index (Phi) is 5.49. The number of rotatable bonds is 7. The van der Waals surface area contributed by atoms with E-state index in [1.165, 1.54) is 51.7 Å². The topological polar surface area (TPSA) is 118 Å². The highest BCUT2D eigenvalue weighted by molar-refractivity contribution is 6.00. The van der Waals surface area contributed by atoms with E-state index in [0.717, 1.165) is 0 Å². The molecule has 0 N–H and O–H groups in total. The van der Waals surface area contributed by atoms with Crippen molar-refractivity contribution >= 4 is 22.4 Å². The van der Waals surface area contributed by atoms with E-state index in [-0.39, 0.29) is 29.0 Å². The Hall–Kier alpha value is -3.88. The van der Waals surface area contributed by atoms with Gasteiger partial charge in [-0.1, -0.05) is 6.07 Å². The third-order valence-electron chi connectivity index (χ3n) is 4.35. The molecule has 0 saturated heterocycles. The van der Waals surface area contributed by atoms with Crippen molar-refractivity contribution in [2.45, 2.75) is 6.42 Å². The molecule has 3 aromatic rings. The van der Waals surface area contributed by atoms with Crippen molar-refractivity contribution in [2.24, 2.45) is 0 Å². The highest BCUT2D eigenvalue weighted by Gasteiger charge is 2.20. The van der Waals surface area contributed by atoms with Crippen LogP contribution >= 0.6 is 0 Å². The van der Waals surface area contributed by atoms with Gasteiger partial charge in [0.25, 0.3) is 0 Å². The van der Waals surface area contributed by atoms with Gasteiger partial charge >= 0.3 is 11.3 Å². The largest absolute Gasteiger partial charge is 0.496 e. The lowest BCUT2D eigenvalue weighted by molar-refractivity contribution is -0.385. The average molecular weight is 399 g/mol. The molecule has 9 heteroatoms. The molecule has 0 saturated carbocycles. The molecular weight excluding hydrogens is 382 g/mol. The zero-order valence-corrected chi connectivity index (χ0v) is 15.9. The van der Waals surface area contributed by atoms with E-state index in [1.54, 1.807) is 6.07 Å². The SMILES string of the molecule is COc1cc(OC)c2cc(C(=O)Cc3ccc(OC)c([N+](=O)[O-])c3)c(=O)oc2c1. The monoisotopic (exact) mass is 399 g/mol. The molecule has 1 aromatic heterocycles. The van der Waals surface area contributed by atoms with Crippen LogP contribution in [-0.4, -0.2) is 32.0 Å². The van der Waals surface area contributed by atoms with Gasteiger partial charge in [0.2, 0.25) is 0 Å². The van der Waals surface area contributed by atoms with Crippen LogP contribution in [0.3, 0.4) is 0 Å². The molecule has 2 aromatic carbocycles. The van der Waals surface area contributed by atoms with Crippen LogP contribution in [0, 0.1) is 10.1 Å². The van der Waals surface area contributed by atoms with Crippen LogP contribution in [0.25, 0.3) is 11.0 Å². The van der Waals surface area contributed by atoms with Crippen LogP contribution in [0.15, 0.2) is 45.6 Å². The van der Waals surface area contributed by atoms with Crippen molar-refractivity contribution in [1.29, 1.82) is 0 Å². The summed E-state index contributed by atoms with van der Waals surface area (Å²) < 4.78 is 20.6. The van der Waals surface area contributed by atoms with E-state index in [2.05, 4.69) is 0 Å². The summed E-state index contributed by atoms with van der Waals surface area (Å²) in [5.74, 6) is 0.340. The number of benzene rings is 2. The summed E-state index contributed by atoms with van der Waals surface area (Å²) >= 11 is 0. The van der Waals surface area contributed by atoms with Crippen LogP contribution in [0.5, 0.6) is 17.2 Å². The molecule has 3 rings (SSSR count). The number of Topliss-reactive ketones (excluding diaryl/α,β-unsaturated/α-hetero) is 1. The Morgan fingerprint density at radius 2 is 1.76 bits per heavy atom. The van der Waals surface area contributed by atoms with Gasteiger partial charge in [-0.15, -0.1) is 0 Å².